The van der Waals surface area contributed by atoms with Crippen molar-refractivity contribution in [2.24, 2.45) is 0 Å². The van der Waals surface area contributed by atoms with Crippen LogP contribution in [0.25, 0.3) is 0 Å². The molecule has 4 heteroatoms. The molecule has 0 unspecified atom stereocenters. The zero-order valence-corrected chi connectivity index (χ0v) is 9.61. The van der Waals surface area contributed by atoms with Crippen molar-refractivity contribution in [3.8, 4) is 0 Å². The van der Waals surface area contributed by atoms with Crippen LogP contribution in [0.5, 0.6) is 0 Å². The number of pyridine rings is 1. The summed E-state index contributed by atoms with van der Waals surface area (Å²) in [6, 6.07) is 3.96. The monoisotopic (exact) mass is 222 g/mol. The van der Waals surface area contributed by atoms with Crippen LogP contribution < -0.4 is 5.32 Å². The van der Waals surface area contributed by atoms with Crippen LogP contribution in [0.3, 0.4) is 0 Å². The van der Waals surface area contributed by atoms with Gasteiger partial charge in [0, 0.05) is 32.1 Å². The van der Waals surface area contributed by atoms with E-state index < -0.39 is 0 Å². The van der Waals surface area contributed by atoms with Crippen molar-refractivity contribution in [1.82, 2.24) is 4.98 Å². The first-order chi connectivity index (χ1) is 7.88. The number of nitrogens with zero attached hydrogens (tertiary/aromatic N) is 1. The van der Waals surface area contributed by atoms with E-state index in [9.17, 15) is 0 Å². The number of ether oxygens (including phenoxy) is 2. The minimum Gasteiger partial charge on any atom is -0.388 e. The SMILES string of the molecule is CNc1ccnc(COC2CCOCC2)c1. The Morgan fingerprint density at radius 2 is 2.31 bits per heavy atom. The summed E-state index contributed by atoms with van der Waals surface area (Å²) in [5.41, 5.74) is 2.04. The summed E-state index contributed by atoms with van der Waals surface area (Å²) in [7, 11) is 1.90. The van der Waals surface area contributed by atoms with Gasteiger partial charge in [0.15, 0.2) is 0 Å². The average Bonchev–Trinajstić information content (AvgIpc) is 2.38. The van der Waals surface area contributed by atoms with E-state index in [1.54, 1.807) is 6.20 Å². The molecule has 4 nitrogen and oxygen atoms in total. The Bertz CT molecular complexity index is 325. The number of aromatic nitrogens is 1. The molecule has 0 amide bonds. The predicted octanol–water partition coefficient (Wildman–Crippen LogP) is 1.82. The summed E-state index contributed by atoms with van der Waals surface area (Å²) in [5.74, 6) is 0. The zero-order valence-electron chi connectivity index (χ0n) is 9.61. The topological polar surface area (TPSA) is 43.4 Å². The van der Waals surface area contributed by atoms with Crippen LogP contribution >= 0.6 is 0 Å². The number of hydrogen-bond acceptors (Lipinski definition) is 4. The van der Waals surface area contributed by atoms with E-state index in [0.717, 1.165) is 37.4 Å². The Morgan fingerprint density at radius 3 is 3.06 bits per heavy atom. The molecule has 1 N–H and O–H groups in total. The second kappa shape index (κ2) is 5.82. The summed E-state index contributed by atoms with van der Waals surface area (Å²) in [6.45, 7) is 2.21. The molecule has 1 fully saturated rings. The maximum Gasteiger partial charge on any atom is 0.0892 e. The molecule has 0 aliphatic carbocycles. The smallest absolute Gasteiger partial charge is 0.0892 e. The molecule has 1 aliphatic rings. The Kier molecular flexibility index (Phi) is 4.13. The fraction of sp³-hybridized carbons (Fsp3) is 0.583. The van der Waals surface area contributed by atoms with Gasteiger partial charge in [-0.1, -0.05) is 0 Å². The highest BCUT2D eigenvalue weighted by Gasteiger charge is 2.14. The molecule has 0 spiro atoms. The maximum absolute atomic E-state index is 5.80. The standard InChI is InChI=1S/C12H18N2O2/c1-13-10-2-5-14-11(8-10)9-16-12-3-6-15-7-4-12/h2,5,8,12H,3-4,6-7,9H2,1H3,(H,13,14). The number of anilines is 1. The van der Waals surface area contributed by atoms with Gasteiger partial charge < -0.3 is 14.8 Å². The van der Waals surface area contributed by atoms with Gasteiger partial charge in [-0.15, -0.1) is 0 Å². The van der Waals surface area contributed by atoms with Crippen molar-refractivity contribution in [2.75, 3.05) is 25.6 Å². The second-order valence-electron chi connectivity index (χ2n) is 3.91. The van der Waals surface area contributed by atoms with Gasteiger partial charge in [0.05, 0.1) is 18.4 Å². The van der Waals surface area contributed by atoms with Crippen molar-refractivity contribution in [3.63, 3.8) is 0 Å². The number of hydrogen-bond donors (Lipinski definition) is 1. The Balaban J connectivity index is 1.83. The minimum absolute atomic E-state index is 0.328. The van der Waals surface area contributed by atoms with E-state index in [1.807, 2.05) is 19.2 Å². The molecule has 16 heavy (non-hydrogen) atoms. The zero-order chi connectivity index (χ0) is 11.2. The first-order valence-corrected chi connectivity index (χ1v) is 5.70. The van der Waals surface area contributed by atoms with Gasteiger partial charge in [-0.25, -0.2) is 0 Å². The van der Waals surface area contributed by atoms with Crippen molar-refractivity contribution in [3.05, 3.63) is 24.0 Å². The third-order valence-corrected chi connectivity index (χ3v) is 2.74. The highest BCUT2D eigenvalue weighted by Crippen LogP contribution is 2.14. The van der Waals surface area contributed by atoms with Crippen LogP contribution in [-0.4, -0.2) is 31.3 Å². The van der Waals surface area contributed by atoms with Crippen LogP contribution in [0.1, 0.15) is 18.5 Å². The Hall–Kier alpha value is -1.13. The van der Waals surface area contributed by atoms with Gasteiger partial charge in [0.25, 0.3) is 0 Å². The van der Waals surface area contributed by atoms with Crippen LogP contribution in [0.4, 0.5) is 5.69 Å². The molecule has 0 atom stereocenters. The van der Waals surface area contributed by atoms with Gasteiger partial charge in [-0.3, -0.25) is 4.98 Å². The van der Waals surface area contributed by atoms with Crippen molar-refractivity contribution < 1.29 is 9.47 Å². The molecule has 2 rings (SSSR count). The first-order valence-electron chi connectivity index (χ1n) is 5.70. The molecular formula is C12H18N2O2. The fourth-order valence-corrected chi connectivity index (χ4v) is 1.76. The van der Waals surface area contributed by atoms with Crippen molar-refractivity contribution in [1.29, 1.82) is 0 Å². The van der Waals surface area contributed by atoms with E-state index in [4.69, 9.17) is 9.47 Å². The summed E-state index contributed by atoms with van der Waals surface area (Å²) in [4.78, 5) is 4.28. The number of rotatable bonds is 4. The quantitative estimate of drug-likeness (QED) is 0.844. The molecule has 0 bridgehead atoms. The largest absolute Gasteiger partial charge is 0.388 e. The van der Waals surface area contributed by atoms with Crippen LogP contribution in [0.15, 0.2) is 18.3 Å². The average molecular weight is 222 g/mol. The van der Waals surface area contributed by atoms with Crippen LogP contribution in [0, 0.1) is 0 Å². The molecule has 1 saturated heterocycles. The van der Waals surface area contributed by atoms with Gasteiger partial charge in [0.2, 0.25) is 0 Å². The third-order valence-electron chi connectivity index (χ3n) is 2.74. The van der Waals surface area contributed by atoms with E-state index in [0.29, 0.717) is 12.7 Å². The lowest BCUT2D eigenvalue weighted by Crippen LogP contribution is -2.23. The minimum atomic E-state index is 0.328. The van der Waals surface area contributed by atoms with E-state index in [1.165, 1.54) is 0 Å². The lowest BCUT2D eigenvalue weighted by atomic mass is 10.1. The van der Waals surface area contributed by atoms with E-state index in [-0.39, 0.29) is 0 Å². The Morgan fingerprint density at radius 1 is 1.50 bits per heavy atom. The first kappa shape index (κ1) is 11.4. The summed E-state index contributed by atoms with van der Waals surface area (Å²) in [6.07, 6.45) is 4.11. The van der Waals surface area contributed by atoms with Crippen LogP contribution in [0.2, 0.25) is 0 Å². The normalized spacial score (nSPS) is 17.3. The highest BCUT2D eigenvalue weighted by molar-refractivity contribution is 5.42. The molecule has 0 saturated carbocycles. The lowest BCUT2D eigenvalue weighted by Gasteiger charge is -2.22. The lowest BCUT2D eigenvalue weighted by molar-refractivity contribution is -0.0399. The molecule has 1 aliphatic heterocycles. The molecule has 1 aromatic heterocycles. The maximum atomic E-state index is 5.80. The summed E-state index contributed by atoms with van der Waals surface area (Å²) in [5, 5.41) is 3.09. The molecule has 1 aromatic rings. The highest BCUT2D eigenvalue weighted by atomic mass is 16.5. The summed E-state index contributed by atoms with van der Waals surface area (Å²) >= 11 is 0. The number of nitrogens with one attached hydrogen (secondary N) is 1. The molecule has 88 valence electrons. The van der Waals surface area contributed by atoms with Gasteiger partial charge in [0.1, 0.15) is 0 Å². The van der Waals surface area contributed by atoms with Gasteiger partial charge in [-0.05, 0) is 25.0 Å². The molecule has 2 heterocycles. The van der Waals surface area contributed by atoms with Gasteiger partial charge >= 0.3 is 0 Å². The molecule has 0 aromatic carbocycles. The Labute approximate surface area is 96.0 Å². The van der Waals surface area contributed by atoms with Crippen molar-refractivity contribution >= 4 is 5.69 Å². The third kappa shape index (κ3) is 3.18. The summed E-state index contributed by atoms with van der Waals surface area (Å²) < 4.78 is 11.1. The van der Waals surface area contributed by atoms with Crippen molar-refractivity contribution in [2.45, 2.75) is 25.6 Å². The van der Waals surface area contributed by atoms with Gasteiger partial charge in [-0.2, -0.15) is 0 Å². The van der Waals surface area contributed by atoms with E-state index in [2.05, 4.69) is 10.3 Å². The fourth-order valence-electron chi connectivity index (χ4n) is 1.76. The van der Waals surface area contributed by atoms with Crippen LogP contribution in [-0.2, 0) is 16.1 Å². The predicted molar refractivity (Wildman–Crippen MR) is 62.4 cm³/mol. The molecular weight excluding hydrogens is 204 g/mol. The second-order valence-corrected chi connectivity index (χ2v) is 3.91. The molecule has 0 radical (unpaired) electrons. The van der Waals surface area contributed by atoms with E-state index >= 15 is 0 Å².